The summed E-state index contributed by atoms with van der Waals surface area (Å²) in [5.41, 5.74) is 0. The summed E-state index contributed by atoms with van der Waals surface area (Å²) < 4.78 is 10.3. The molecule has 0 saturated heterocycles. The standard InChI is InChI=1S/C10H18O4/c1-6(11)7-4-8(13-2)10(12)9(5-7)14-3/h7-12H,1,4-5H2,2-3H3. The number of rotatable bonds is 3. The smallest absolute Gasteiger partial charge is 0.106 e. The molecule has 1 aliphatic rings. The first-order chi connectivity index (χ1) is 6.60. The van der Waals surface area contributed by atoms with Gasteiger partial charge in [0, 0.05) is 20.1 Å². The van der Waals surface area contributed by atoms with E-state index in [2.05, 4.69) is 6.58 Å². The highest BCUT2D eigenvalue weighted by Gasteiger charge is 2.38. The molecule has 1 aliphatic carbocycles. The van der Waals surface area contributed by atoms with Gasteiger partial charge in [0.2, 0.25) is 0 Å². The molecule has 14 heavy (non-hydrogen) atoms. The van der Waals surface area contributed by atoms with Gasteiger partial charge < -0.3 is 19.7 Å². The molecule has 0 amide bonds. The highest BCUT2D eigenvalue weighted by atomic mass is 16.5. The van der Waals surface area contributed by atoms with Gasteiger partial charge in [-0.1, -0.05) is 6.58 Å². The molecule has 2 N–H and O–H groups in total. The van der Waals surface area contributed by atoms with Crippen LogP contribution in [0.4, 0.5) is 0 Å². The van der Waals surface area contributed by atoms with E-state index in [-0.39, 0.29) is 23.9 Å². The second kappa shape index (κ2) is 4.77. The maximum absolute atomic E-state index is 9.77. The number of aliphatic hydroxyl groups excluding tert-OH is 2. The van der Waals surface area contributed by atoms with E-state index in [9.17, 15) is 10.2 Å². The van der Waals surface area contributed by atoms with Gasteiger partial charge >= 0.3 is 0 Å². The summed E-state index contributed by atoms with van der Waals surface area (Å²) in [5.74, 6) is 0.0919. The zero-order valence-corrected chi connectivity index (χ0v) is 8.64. The van der Waals surface area contributed by atoms with Crippen LogP contribution in [0.25, 0.3) is 0 Å². The molecule has 0 bridgehead atoms. The van der Waals surface area contributed by atoms with E-state index < -0.39 is 6.10 Å². The summed E-state index contributed by atoms with van der Waals surface area (Å²) in [6.45, 7) is 3.50. The Balaban J connectivity index is 2.68. The Morgan fingerprint density at radius 3 is 1.93 bits per heavy atom. The van der Waals surface area contributed by atoms with Gasteiger partial charge in [-0.3, -0.25) is 0 Å². The first-order valence-corrected chi connectivity index (χ1v) is 4.71. The Morgan fingerprint density at radius 2 is 1.64 bits per heavy atom. The van der Waals surface area contributed by atoms with E-state index in [1.165, 1.54) is 0 Å². The monoisotopic (exact) mass is 202 g/mol. The third kappa shape index (κ3) is 2.26. The number of aliphatic hydroxyl groups is 2. The molecule has 82 valence electrons. The summed E-state index contributed by atoms with van der Waals surface area (Å²) >= 11 is 0. The van der Waals surface area contributed by atoms with Gasteiger partial charge in [0.05, 0.1) is 18.0 Å². The largest absolute Gasteiger partial charge is 0.513 e. The summed E-state index contributed by atoms with van der Waals surface area (Å²) in [7, 11) is 3.09. The minimum Gasteiger partial charge on any atom is -0.513 e. The molecular weight excluding hydrogens is 184 g/mol. The van der Waals surface area contributed by atoms with Gasteiger partial charge in [0.15, 0.2) is 0 Å². The lowest BCUT2D eigenvalue weighted by atomic mass is 9.82. The second-order valence-corrected chi connectivity index (χ2v) is 3.70. The Bertz CT molecular complexity index is 190. The maximum Gasteiger partial charge on any atom is 0.106 e. The molecule has 0 aromatic rings. The van der Waals surface area contributed by atoms with E-state index in [4.69, 9.17) is 9.47 Å². The molecule has 2 atom stereocenters. The van der Waals surface area contributed by atoms with Crippen molar-refractivity contribution in [1.82, 2.24) is 0 Å². The van der Waals surface area contributed by atoms with Crippen LogP contribution in [-0.2, 0) is 9.47 Å². The molecule has 0 aromatic heterocycles. The normalized spacial score (nSPS) is 38.2. The molecule has 0 radical (unpaired) electrons. The van der Waals surface area contributed by atoms with Crippen molar-refractivity contribution >= 4 is 0 Å². The Kier molecular flexibility index (Phi) is 3.92. The van der Waals surface area contributed by atoms with Crippen molar-refractivity contribution in [1.29, 1.82) is 0 Å². The number of hydrogen-bond donors (Lipinski definition) is 2. The van der Waals surface area contributed by atoms with Crippen molar-refractivity contribution in [3.05, 3.63) is 12.3 Å². The van der Waals surface area contributed by atoms with Crippen LogP contribution in [-0.4, -0.2) is 42.7 Å². The summed E-state index contributed by atoms with van der Waals surface area (Å²) in [6.07, 6.45) is -0.0227. The lowest BCUT2D eigenvalue weighted by molar-refractivity contribution is -0.125. The fourth-order valence-corrected chi connectivity index (χ4v) is 1.92. The summed E-state index contributed by atoms with van der Waals surface area (Å²) in [6, 6.07) is 0. The molecule has 4 nitrogen and oxygen atoms in total. The highest BCUT2D eigenvalue weighted by Crippen LogP contribution is 2.31. The van der Waals surface area contributed by atoms with Crippen LogP contribution in [0, 0.1) is 5.92 Å². The van der Waals surface area contributed by atoms with Crippen LogP contribution in [0.15, 0.2) is 12.3 Å². The zero-order valence-electron chi connectivity index (χ0n) is 8.64. The minimum atomic E-state index is -0.624. The van der Waals surface area contributed by atoms with Crippen LogP contribution in [0.2, 0.25) is 0 Å². The minimum absolute atomic E-state index is 0.0479. The molecule has 2 unspecified atom stereocenters. The number of methoxy groups -OCH3 is 2. The van der Waals surface area contributed by atoms with E-state index in [0.717, 1.165) is 0 Å². The predicted octanol–water partition coefficient (Wildman–Crippen LogP) is 0.859. The van der Waals surface area contributed by atoms with Crippen molar-refractivity contribution < 1.29 is 19.7 Å². The number of ether oxygens (including phenoxy) is 2. The van der Waals surface area contributed by atoms with Gasteiger partial charge in [-0.05, 0) is 12.8 Å². The maximum atomic E-state index is 9.77. The van der Waals surface area contributed by atoms with Crippen molar-refractivity contribution in [3.63, 3.8) is 0 Å². The molecule has 0 aromatic carbocycles. The van der Waals surface area contributed by atoms with Crippen molar-refractivity contribution in [3.8, 4) is 0 Å². The van der Waals surface area contributed by atoms with Crippen LogP contribution >= 0.6 is 0 Å². The lowest BCUT2D eigenvalue weighted by Gasteiger charge is -2.37. The average Bonchev–Trinajstić information content (AvgIpc) is 2.17. The third-order valence-corrected chi connectivity index (χ3v) is 2.87. The molecular formula is C10H18O4. The van der Waals surface area contributed by atoms with Crippen molar-refractivity contribution in [2.45, 2.75) is 31.2 Å². The molecule has 1 fully saturated rings. The first kappa shape index (κ1) is 11.5. The Hall–Kier alpha value is -0.580. The van der Waals surface area contributed by atoms with Gasteiger partial charge in [-0.25, -0.2) is 0 Å². The fourth-order valence-electron chi connectivity index (χ4n) is 1.92. The average molecular weight is 202 g/mol. The lowest BCUT2D eigenvalue weighted by Crippen LogP contribution is -2.46. The number of hydrogen-bond acceptors (Lipinski definition) is 4. The zero-order chi connectivity index (χ0) is 10.7. The van der Waals surface area contributed by atoms with Crippen LogP contribution < -0.4 is 0 Å². The summed E-state index contributed by atoms with van der Waals surface area (Å²) in [4.78, 5) is 0. The SMILES string of the molecule is C=C(O)C1CC(OC)C(O)C(OC)C1. The molecule has 0 heterocycles. The predicted molar refractivity (Wildman–Crippen MR) is 52.1 cm³/mol. The molecule has 1 saturated carbocycles. The van der Waals surface area contributed by atoms with Gasteiger partial charge in [-0.15, -0.1) is 0 Å². The van der Waals surface area contributed by atoms with E-state index in [1.54, 1.807) is 14.2 Å². The second-order valence-electron chi connectivity index (χ2n) is 3.70. The van der Waals surface area contributed by atoms with Crippen molar-refractivity contribution in [2.75, 3.05) is 14.2 Å². The third-order valence-electron chi connectivity index (χ3n) is 2.87. The van der Waals surface area contributed by atoms with E-state index in [0.29, 0.717) is 12.8 Å². The Morgan fingerprint density at radius 1 is 1.21 bits per heavy atom. The Labute approximate surface area is 84.1 Å². The van der Waals surface area contributed by atoms with Crippen LogP contribution in [0.1, 0.15) is 12.8 Å². The quantitative estimate of drug-likeness (QED) is 0.666. The van der Waals surface area contributed by atoms with Crippen molar-refractivity contribution in [2.24, 2.45) is 5.92 Å². The van der Waals surface area contributed by atoms with Gasteiger partial charge in [-0.2, -0.15) is 0 Å². The van der Waals surface area contributed by atoms with E-state index in [1.807, 2.05) is 0 Å². The van der Waals surface area contributed by atoms with Gasteiger partial charge in [0.1, 0.15) is 6.10 Å². The molecule has 4 heteroatoms. The fraction of sp³-hybridized carbons (Fsp3) is 0.800. The topological polar surface area (TPSA) is 58.9 Å². The first-order valence-electron chi connectivity index (χ1n) is 4.71. The van der Waals surface area contributed by atoms with Crippen LogP contribution in [0.3, 0.4) is 0 Å². The van der Waals surface area contributed by atoms with Crippen LogP contribution in [0.5, 0.6) is 0 Å². The summed E-state index contributed by atoms with van der Waals surface area (Å²) in [5, 5.41) is 19.1. The number of allylic oxidation sites excluding steroid dienone is 1. The van der Waals surface area contributed by atoms with E-state index >= 15 is 0 Å². The van der Waals surface area contributed by atoms with Gasteiger partial charge in [0.25, 0.3) is 0 Å². The molecule has 0 spiro atoms. The highest BCUT2D eigenvalue weighted by molar-refractivity contribution is 4.98. The molecule has 0 aliphatic heterocycles. The molecule has 1 rings (SSSR count).